The number of aromatic nitrogens is 2. The minimum absolute atomic E-state index is 0.00572. The van der Waals surface area contributed by atoms with Gasteiger partial charge >= 0.3 is 5.97 Å². The normalized spacial score (nSPS) is 41.4. The van der Waals surface area contributed by atoms with Crippen molar-refractivity contribution in [3.05, 3.63) is 27.4 Å². The average Bonchev–Trinajstić information content (AvgIpc) is 3.46. The molecule has 9 nitrogen and oxygen atoms in total. The lowest BCUT2D eigenvalue weighted by Gasteiger charge is -2.47. The largest absolute Gasteiger partial charge is 0.481 e. The van der Waals surface area contributed by atoms with Crippen molar-refractivity contribution in [3.63, 3.8) is 0 Å². The van der Waals surface area contributed by atoms with Crippen LogP contribution in [0.2, 0.25) is 0 Å². The smallest absolute Gasteiger partial charge is 0.308 e. The minimum atomic E-state index is -0.696. The van der Waals surface area contributed by atoms with Gasteiger partial charge in [0.05, 0.1) is 30.9 Å². The summed E-state index contributed by atoms with van der Waals surface area (Å²) in [5, 5.41) is 17.5. The van der Waals surface area contributed by atoms with Crippen LogP contribution >= 0.6 is 23.4 Å². The highest BCUT2D eigenvalue weighted by molar-refractivity contribution is 8.00. The van der Waals surface area contributed by atoms with Gasteiger partial charge in [0.2, 0.25) is 0 Å². The molecule has 0 aromatic carbocycles. The van der Waals surface area contributed by atoms with Crippen molar-refractivity contribution in [2.24, 2.45) is 29.6 Å². The van der Waals surface area contributed by atoms with Gasteiger partial charge in [0, 0.05) is 52.7 Å². The first-order valence-corrected chi connectivity index (χ1v) is 19.6. The average molecular weight is 676 g/mol. The molecule has 0 spiro atoms. The summed E-state index contributed by atoms with van der Waals surface area (Å²) in [7, 11) is 0. The zero-order valence-electron chi connectivity index (χ0n) is 27.8. The Bertz CT molecular complexity index is 1330. The third-order valence-corrected chi connectivity index (χ3v) is 14.6. The molecule has 3 N–H and O–H groups in total. The number of piperidine rings is 3. The molecule has 11 heteroatoms. The van der Waals surface area contributed by atoms with Crippen LogP contribution in [-0.2, 0) is 28.9 Å². The molecular formula is C35H54ClN5O4S. The van der Waals surface area contributed by atoms with Crippen LogP contribution in [0.25, 0.3) is 0 Å². The molecule has 4 aliphatic heterocycles. The number of hydrogen-bond acceptors (Lipinski definition) is 8. The van der Waals surface area contributed by atoms with Crippen molar-refractivity contribution >= 4 is 29.3 Å². The number of aryl methyl sites for hydroxylation is 2. The van der Waals surface area contributed by atoms with Crippen molar-refractivity contribution in [2.45, 2.75) is 126 Å². The predicted molar refractivity (Wildman–Crippen MR) is 183 cm³/mol. The van der Waals surface area contributed by atoms with Crippen LogP contribution in [0.15, 0.2) is 4.79 Å². The number of hydrogen-bond donors (Lipinski definition) is 3. The second-order valence-electron chi connectivity index (χ2n) is 15.5. The number of carbonyl (C=O) groups is 1. The van der Waals surface area contributed by atoms with E-state index >= 15 is 0 Å². The fraction of sp³-hybridized carbons (Fsp3) is 0.857. The molecule has 0 amide bonds. The number of nitrogens with zero attached hydrogens (tertiary/aromatic N) is 3. The quantitative estimate of drug-likeness (QED) is 0.373. The molecule has 7 rings (SSSR count). The highest BCUT2D eigenvalue weighted by Crippen LogP contribution is 2.48. The molecule has 12 atom stereocenters. The topological polar surface area (TPSA) is 109 Å². The molecule has 0 radical (unpaired) electrons. The highest BCUT2D eigenvalue weighted by atomic mass is 35.5. The van der Waals surface area contributed by atoms with Gasteiger partial charge < -0.3 is 20.5 Å². The standard InChI is InChI=1S/C35H54ClN5O4S/c1-19-12-23-17-40(9-8-22(23)16-37-19)25-5-6-30-28(15-25)34(42)41(21(3)39-30)10-11-45-31-7-4-24(36)14-26(31)27-13-20(2)38-32-29(35(43)44)18-46-33(27)32/h19-20,22-27,29,31-33,37-38H,4-18H2,1-3H3,(H,43,44). The lowest BCUT2D eigenvalue weighted by atomic mass is 9.70. The molecule has 1 aromatic rings. The Balaban J connectivity index is 1.01. The van der Waals surface area contributed by atoms with Gasteiger partial charge in [-0.25, -0.2) is 4.98 Å². The third-order valence-electron chi connectivity index (χ3n) is 12.6. The zero-order chi connectivity index (χ0) is 32.1. The van der Waals surface area contributed by atoms with Crippen LogP contribution < -0.4 is 16.2 Å². The summed E-state index contributed by atoms with van der Waals surface area (Å²) in [6.45, 7) is 10.9. The number of fused-ring (bicyclic) bond motifs is 3. The molecule has 1 saturated carbocycles. The van der Waals surface area contributed by atoms with Gasteiger partial charge in [-0.05, 0) is 115 Å². The third kappa shape index (κ3) is 6.69. The van der Waals surface area contributed by atoms with E-state index in [-0.39, 0.29) is 40.3 Å². The van der Waals surface area contributed by atoms with Gasteiger partial charge in [-0.2, -0.15) is 11.8 Å². The summed E-state index contributed by atoms with van der Waals surface area (Å²) >= 11 is 8.59. The van der Waals surface area contributed by atoms with Crippen molar-refractivity contribution in [1.29, 1.82) is 0 Å². The van der Waals surface area contributed by atoms with Gasteiger partial charge in [0.25, 0.3) is 5.56 Å². The molecule has 4 saturated heterocycles. The fourth-order valence-corrected chi connectivity index (χ4v) is 12.3. The summed E-state index contributed by atoms with van der Waals surface area (Å²) in [6, 6.07) is 1.29. The van der Waals surface area contributed by atoms with Crippen LogP contribution in [0, 0.1) is 36.5 Å². The van der Waals surface area contributed by atoms with Crippen molar-refractivity contribution < 1.29 is 14.6 Å². The Hall–Kier alpha value is -1.17. The molecular weight excluding hydrogens is 622 g/mol. The van der Waals surface area contributed by atoms with E-state index in [1.165, 1.54) is 12.8 Å². The first kappa shape index (κ1) is 33.3. The Kier molecular flexibility index (Phi) is 10.1. The second-order valence-corrected chi connectivity index (χ2v) is 17.3. The SMILES string of the molecule is Cc1nc2c(c(=O)n1CCOC1CCC(Cl)CC1C1CC(C)NC3C(C(=O)O)CSC13)CC(N1CCC3CNC(C)CC3C1)CC2. The number of likely N-dealkylation sites (tertiary alicyclic amines) is 1. The van der Waals surface area contributed by atoms with E-state index in [2.05, 4.69) is 29.4 Å². The van der Waals surface area contributed by atoms with E-state index in [0.29, 0.717) is 42.8 Å². The Labute approximate surface area is 283 Å². The van der Waals surface area contributed by atoms with Gasteiger partial charge in [0.1, 0.15) is 5.82 Å². The molecule has 0 bridgehead atoms. The monoisotopic (exact) mass is 675 g/mol. The van der Waals surface area contributed by atoms with E-state index in [0.717, 1.165) is 93.5 Å². The van der Waals surface area contributed by atoms with Gasteiger partial charge in [-0.15, -0.1) is 11.6 Å². The minimum Gasteiger partial charge on any atom is -0.481 e. The first-order valence-electron chi connectivity index (χ1n) is 18.1. The van der Waals surface area contributed by atoms with E-state index < -0.39 is 5.97 Å². The van der Waals surface area contributed by atoms with Crippen LogP contribution in [0.3, 0.4) is 0 Å². The summed E-state index contributed by atoms with van der Waals surface area (Å²) in [5.41, 5.74) is 2.05. The highest BCUT2D eigenvalue weighted by Gasteiger charge is 2.51. The number of alkyl halides is 1. The van der Waals surface area contributed by atoms with Crippen LogP contribution in [-0.4, -0.2) is 98.4 Å². The van der Waals surface area contributed by atoms with E-state index in [9.17, 15) is 14.7 Å². The second kappa shape index (κ2) is 14.0. The predicted octanol–water partition coefficient (Wildman–Crippen LogP) is 3.70. The number of thioether (sulfide) groups is 1. The number of ether oxygens (including phenoxy) is 1. The lowest BCUT2D eigenvalue weighted by molar-refractivity contribution is -0.142. The van der Waals surface area contributed by atoms with Crippen molar-refractivity contribution in [3.8, 4) is 0 Å². The fourth-order valence-electron chi connectivity index (χ4n) is 10.2. The Morgan fingerprint density at radius 3 is 2.78 bits per heavy atom. The molecule has 5 fully saturated rings. The van der Waals surface area contributed by atoms with Crippen LogP contribution in [0.5, 0.6) is 0 Å². The lowest BCUT2D eigenvalue weighted by Crippen LogP contribution is -2.57. The molecule has 46 heavy (non-hydrogen) atoms. The van der Waals surface area contributed by atoms with Crippen molar-refractivity contribution in [1.82, 2.24) is 25.1 Å². The first-order chi connectivity index (χ1) is 22.2. The van der Waals surface area contributed by atoms with E-state index in [1.54, 1.807) is 0 Å². The van der Waals surface area contributed by atoms with Crippen molar-refractivity contribution in [2.75, 3.05) is 32.0 Å². The van der Waals surface area contributed by atoms with E-state index in [1.807, 2.05) is 23.3 Å². The summed E-state index contributed by atoms with van der Waals surface area (Å²) in [6.07, 6.45) is 9.11. The summed E-state index contributed by atoms with van der Waals surface area (Å²) in [4.78, 5) is 33.6. The molecule has 2 aliphatic carbocycles. The Morgan fingerprint density at radius 1 is 1.11 bits per heavy atom. The number of nitrogens with one attached hydrogen (secondary N) is 2. The Morgan fingerprint density at radius 2 is 1.96 bits per heavy atom. The van der Waals surface area contributed by atoms with E-state index in [4.69, 9.17) is 21.3 Å². The molecule has 12 unspecified atom stereocenters. The maximum Gasteiger partial charge on any atom is 0.308 e. The molecule has 6 aliphatic rings. The van der Waals surface area contributed by atoms with Crippen LogP contribution in [0.4, 0.5) is 0 Å². The molecule has 5 heterocycles. The number of rotatable bonds is 7. The molecule has 256 valence electrons. The zero-order valence-corrected chi connectivity index (χ0v) is 29.4. The van der Waals surface area contributed by atoms with Gasteiger partial charge in [-0.1, -0.05) is 0 Å². The van der Waals surface area contributed by atoms with Gasteiger partial charge in [0.15, 0.2) is 0 Å². The number of aliphatic carboxylic acids is 1. The molecule has 1 aromatic heterocycles. The number of carboxylic acid groups (broad SMARTS) is 1. The van der Waals surface area contributed by atoms with Crippen LogP contribution in [0.1, 0.15) is 75.9 Å². The summed E-state index contributed by atoms with van der Waals surface area (Å²) < 4.78 is 8.54. The maximum atomic E-state index is 14.0. The van der Waals surface area contributed by atoms with Gasteiger partial charge in [-0.3, -0.25) is 19.1 Å². The summed E-state index contributed by atoms with van der Waals surface area (Å²) in [5.74, 6) is 2.62. The number of halogens is 1. The number of carboxylic acids is 1. The maximum absolute atomic E-state index is 14.0.